The van der Waals surface area contributed by atoms with Gasteiger partial charge in [0.2, 0.25) is 0 Å². The lowest BCUT2D eigenvalue weighted by Gasteiger charge is -2.37. The monoisotopic (exact) mass is 240 g/mol. The quantitative estimate of drug-likeness (QED) is 0.735. The van der Waals surface area contributed by atoms with E-state index in [9.17, 15) is 4.79 Å². The summed E-state index contributed by atoms with van der Waals surface area (Å²) in [5.41, 5.74) is 0. The van der Waals surface area contributed by atoms with Gasteiger partial charge in [-0.1, -0.05) is 12.8 Å². The number of ether oxygens (including phenoxy) is 1. The topological polar surface area (TPSA) is 41.6 Å². The Kier molecular flexibility index (Phi) is 4.80. The van der Waals surface area contributed by atoms with Crippen molar-refractivity contribution in [2.75, 3.05) is 26.7 Å². The van der Waals surface area contributed by atoms with Gasteiger partial charge in [0.1, 0.15) is 6.04 Å². The third-order valence-corrected chi connectivity index (χ3v) is 4.05. The molecule has 0 radical (unpaired) electrons. The van der Waals surface area contributed by atoms with E-state index in [1.807, 2.05) is 0 Å². The lowest BCUT2D eigenvalue weighted by molar-refractivity contribution is -0.148. The Bertz CT molecular complexity index is 252. The fourth-order valence-electron chi connectivity index (χ4n) is 3.10. The fraction of sp³-hybridized carbons (Fsp3) is 0.923. The molecule has 1 unspecified atom stereocenters. The van der Waals surface area contributed by atoms with Crippen molar-refractivity contribution in [1.29, 1.82) is 0 Å². The first-order chi connectivity index (χ1) is 8.33. The molecule has 2 aliphatic rings. The maximum Gasteiger partial charge on any atom is 0.323 e. The largest absolute Gasteiger partial charge is 0.468 e. The Hall–Kier alpha value is -0.610. The van der Waals surface area contributed by atoms with Crippen LogP contribution in [0.2, 0.25) is 0 Å². The summed E-state index contributed by atoms with van der Waals surface area (Å²) in [7, 11) is 1.51. The number of nitrogens with one attached hydrogen (secondary N) is 1. The highest BCUT2D eigenvalue weighted by atomic mass is 16.5. The van der Waals surface area contributed by atoms with Crippen molar-refractivity contribution >= 4 is 5.97 Å². The van der Waals surface area contributed by atoms with E-state index < -0.39 is 0 Å². The number of esters is 1. The minimum atomic E-state index is -0.0366. The molecule has 0 aromatic carbocycles. The average Bonchev–Trinajstić information content (AvgIpc) is 2.64. The van der Waals surface area contributed by atoms with Crippen LogP contribution in [0.1, 0.15) is 38.5 Å². The maximum atomic E-state index is 11.9. The van der Waals surface area contributed by atoms with Gasteiger partial charge >= 0.3 is 5.97 Å². The molecule has 2 heterocycles. The normalized spacial score (nSPS) is 28.6. The first-order valence-electron chi connectivity index (χ1n) is 6.87. The lowest BCUT2D eigenvalue weighted by atomic mass is 10.0. The molecule has 2 saturated heterocycles. The van der Waals surface area contributed by atoms with Gasteiger partial charge in [-0.2, -0.15) is 0 Å². The third kappa shape index (κ3) is 3.19. The van der Waals surface area contributed by atoms with Crippen LogP contribution in [0.5, 0.6) is 0 Å². The van der Waals surface area contributed by atoms with Crippen molar-refractivity contribution in [3.8, 4) is 0 Å². The van der Waals surface area contributed by atoms with Crippen LogP contribution in [0.3, 0.4) is 0 Å². The first kappa shape index (κ1) is 12.8. The lowest BCUT2D eigenvalue weighted by Crippen LogP contribution is -2.51. The van der Waals surface area contributed by atoms with Crippen molar-refractivity contribution < 1.29 is 9.53 Å². The summed E-state index contributed by atoms with van der Waals surface area (Å²) in [6, 6.07) is 0.573. The smallest absolute Gasteiger partial charge is 0.323 e. The number of methoxy groups -OCH3 is 1. The molecule has 0 spiro atoms. The summed E-state index contributed by atoms with van der Waals surface area (Å²) >= 11 is 0. The van der Waals surface area contributed by atoms with Crippen LogP contribution in [0.25, 0.3) is 0 Å². The highest BCUT2D eigenvalue weighted by Gasteiger charge is 2.33. The van der Waals surface area contributed by atoms with Crippen LogP contribution < -0.4 is 5.32 Å². The summed E-state index contributed by atoms with van der Waals surface area (Å²) in [6.45, 7) is 3.22. The zero-order chi connectivity index (χ0) is 12.1. The van der Waals surface area contributed by atoms with Gasteiger partial charge in [-0.3, -0.25) is 9.69 Å². The molecule has 1 atom stereocenters. The van der Waals surface area contributed by atoms with Gasteiger partial charge in [0.25, 0.3) is 0 Å². The molecule has 1 N–H and O–H groups in total. The van der Waals surface area contributed by atoms with Gasteiger partial charge in [0, 0.05) is 6.04 Å². The number of hydrogen-bond donors (Lipinski definition) is 1. The Balaban J connectivity index is 2.04. The average molecular weight is 240 g/mol. The number of likely N-dealkylation sites (tertiary alicyclic amines) is 1. The second-order valence-corrected chi connectivity index (χ2v) is 5.11. The van der Waals surface area contributed by atoms with Gasteiger partial charge in [0.05, 0.1) is 7.11 Å². The minimum absolute atomic E-state index is 0.00519. The van der Waals surface area contributed by atoms with Crippen LogP contribution in [0.15, 0.2) is 0 Å². The van der Waals surface area contributed by atoms with Crippen LogP contribution in [-0.2, 0) is 9.53 Å². The van der Waals surface area contributed by atoms with E-state index >= 15 is 0 Å². The third-order valence-electron chi connectivity index (χ3n) is 4.05. The maximum absolute atomic E-state index is 11.9. The molecule has 4 heteroatoms. The molecular formula is C13H24N2O2. The second kappa shape index (κ2) is 6.36. The Morgan fingerprint density at radius 1 is 1.18 bits per heavy atom. The van der Waals surface area contributed by atoms with E-state index in [1.165, 1.54) is 20.0 Å². The van der Waals surface area contributed by atoms with Crippen molar-refractivity contribution in [1.82, 2.24) is 10.2 Å². The van der Waals surface area contributed by atoms with Gasteiger partial charge < -0.3 is 10.1 Å². The van der Waals surface area contributed by atoms with E-state index in [2.05, 4.69) is 10.2 Å². The molecular weight excluding hydrogens is 216 g/mol. The van der Waals surface area contributed by atoms with Gasteiger partial charge in [-0.05, 0) is 45.3 Å². The predicted molar refractivity (Wildman–Crippen MR) is 66.9 cm³/mol. The highest BCUT2D eigenvalue weighted by molar-refractivity contribution is 5.75. The zero-order valence-corrected chi connectivity index (χ0v) is 10.8. The molecule has 98 valence electrons. The molecule has 17 heavy (non-hydrogen) atoms. The van der Waals surface area contributed by atoms with Crippen molar-refractivity contribution in [2.24, 2.45) is 0 Å². The van der Waals surface area contributed by atoms with E-state index in [0.717, 1.165) is 45.3 Å². The summed E-state index contributed by atoms with van der Waals surface area (Å²) in [4.78, 5) is 14.3. The predicted octanol–water partition coefficient (Wildman–Crippen LogP) is 1.16. The first-order valence-corrected chi connectivity index (χ1v) is 6.87. The zero-order valence-electron chi connectivity index (χ0n) is 10.8. The van der Waals surface area contributed by atoms with Crippen LogP contribution in [0.4, 0.5) is 0 Å². The number of carbonyl (C=O) groups is 1. The summed E-state index contributed by atoms with van der Waals surface area (Å²) in [5, 5.41) is 3.38. The molecule has 0 aromatic heterocycles. The van der Waals surface area contributed by atoms with Gasteiger partial charge in [-0.25, -0.2) is 0 Å². The number of carbonyl (C=O) groups excluding carboxylic acids is 1. The summed E-state index contributed by atoms with van der Waals surface area (Å²) < 4.78 is 4.97. The SMILES string of the molecule is COC(=O)C1CCCCCN1C1CCNCC1. The molecule has 2 rings (SSSR count). The standard InChI is InChI=1S/C13H24N2O2/c1-17-13(16)12-5-3-2-4-10-15(12)11-6-8-14-9-7-11/h11-12,14H,2-10H2,1H3. The van der Waals surface area contributed by atoms with Gasteiger partial charge in [-0.15, -0.1) is 0 Å². The molecule has 2 aliphatic heterocycles. The Morgan fingerprint density at radius 2 is 1.94 bits per heavy atom. The number of rotatable bonds is 2. The Labute approximate surface area is 104 Å². The van der Waals surface area contributed by atoms with E-state index in [1.54, 1.807) is 0 Å². The molecule has 0 aliphatic carbocycles. The molecule has 0 saturated carbocycles. The Morgan fingerprint density at radius 3 is 2.65 bits per heavy atom. The van der Waals surface area contributed by atoms with Gasteiger partial charge in [0.15, 0.2) is 0 Å². The highest BCUT2D eigenvalue weighted by Crippen LogP contribution is 2.23. The number of nitrogens with zero attached hydrogens (tertiary/aromatic N) is 1. The van der Waals surface area contributed by atoms with Crippen molar-refractivity contribution in [3.63, 3.8) is 0 Å². The molecule has 2 fully saturated rings. The van der Waals surface area contributed by atoms with E-state index in [-0.39, 0.29) is 12.0 Å². The minimum Gasteiger partial charge on any atom is -0.468 e. The fourth-order valence-corrected chi connectivity index (χ4v) is 3.10. The summed E-state index contributed by atoms with van der Waals surface area (Å²) in [5.74, 6) is -0.0366. The molecule has 0 bridgehead atoms. The molecule has 0 aromatic rings. The summed E-state index contributed by atoms with van der Waals surface area (Å²) in [6.07, 6.45) is 6.91. The van der Waals surface area contributed by atoms with Crippen LogP contribution >= 0.6 is 0 Å². The molecule has 4 nitrogen and oxygen atoms in total. The number of hydrogen-bond acceptors (Lipinski definition) is 4. The van der Waals surface area contributed by atoms with Crippen molar-refractivity contribution in [3.05, 3.63) is 0 Å². The number of piperidine rings is 1. The second-order valence-electron chi connectivity index (χ2n) is 5.11. The van der Waals surface area contributed by atoms with E-state index in [4.69, 9.17) is 4.74 Å². The van der Waals surface area contributed by atoms with Crippen LogP contribution in [-0.4, -0.2) is 49.7 Å². The molecule has 0 amide bonds. The van der Waals surface area contributed by atoms with E-state index in [0.29, 0.717) is 6.04 Å². The van der Waals surface area contributed by atoms with Crippen LogP contribution in [0, 0.1) is 0 Å². The van der Waals surface area contributed by atoms with Crippen molar-refractivity contribution in [2.45, 2.75) is 50.6 Å².